The molecule has 0 saturated carbocycles. The standard InChI is InChI=1S/C18H15ClN2O4/c19-12-6-8-13(9-7-12)20-18(24)25-11-3-10-21-16(22)14-4-1-2-5-15(14)17(21)23/h1-2,4-9H,3,10-11H2,(H,20,24). The van der Waals surface area contributed by atoms with E-state index in [0.717, 1.165) is 0 Å². The summed E-state index contributed by atoms with van der Waals surface area (Å²) in [6.07, 6.45) is -0.246. The zero-order valence-electron chi connectivity index (χ0n) is 13.2. The lowest BCUT2D eigenvalue weighted by Crippen LogP contribution is -2.31. The Hall–Kier alpha value is -2.86. The highest BCUT2D eigenvalue weighted by molar-refractivity contribution is 6.30. The summed E-state index contributed by atoms with van der Waals surface area (Å²) in [6, 6.07) is 13.3. The number of anilines is 1. The second kappa shape index (κ2) is 7.36. The van der Waals surface area contributed by atoms with E-state index in [1.54, 1.807) is 48.5 Å². The lowest BCUT2D eigenvalue weighted by Gasteiger charge is -2.13. The van der Waals surface area contributed by atoms with Gasteiger partial charge in [0.05, 0.1) is 17.7 Å². The molecule has 1 aliphatic heterocycles. The summed E-state index contributed by atoms with van der Waals surface area (Å²) < 4.78 is 5.05. The Bertz CT molecular complexity index is 785. The third-order valence-electron chi connectivity index (χ3n) is 3.73. The monoisotopic (exact) mass is 358 g/mol. The van der Waals surface area contributed by atoms with Gasteiger partial charge in [0, 0.05) is 17.3 Å². The van der Waals surface area contributed by atoms with Crippen LogP contribution in [0.5, 0.6) is 0 Å². The van der Waals surface area contributed by atoms with Crippen molar-refractivity contribution in [2.75, 3.05) is 18.5 Å². The molecule has 2 aromatic carbocycles. The molecule has 0 spiro atoms. The van der Waals surface area contributed by atoms with E-state index in [1.165, 1.54) is 4.90 Å². The summed E-state index contributed by atoms with van der Waals surface area (Å²) >= 11 is 5.77. The minimum Gasteiger partial charge on any atom is -0.449 e. The van der Waals surface area contributed by atoms with Crippen molar-refractivity contribution < 1.29 is 19.1 Å². The van der Waals surface area contributed by atoms with Gasteiger partial charge >= 0.3 is 6.09 Å². The van der Waals surface area contributed by atoms with Crippen LogP contribution in [0, 0.1) is 0 Å². The number of nitrogens with zero attached hydrogens (tertiary/aromatic N) is 1. The number of benzene rings is 2. The molecule has 1 N–H and O–H groups in total. The lowest BCUT2D eigenvalue weighted by atomic mass is 10.1. The minimum absolute atomic E-state index is 0.0901. The van der Waals surface area contributed by atoms with Crippen LogP contribution in [0.25, 0.3) is 0 Å². The van der Waals surface area contributed by atoms with E-state index in [0.29, 0.717) is 28.3 Å². The zero-order chi connectivity index (χ0) is 17.8. The first-order valence-electron chi connectivity index (χ1n) is 7.71. The molecule has 7 heteroatoms. The molecule has 1 aliphatic rings. The molecular weight excluding hydrogens is 344 g/mol. The van der Waals surface area contributed by atoms with Crippen molar-refractivity contribution in [3.63, 3.8) is 0 Å². The highest BCUT2D eigenvalue weighted by atomic mass is 35.5. The van der Waals surface area contributed by atoms with Gasteiger partial charge in [0.25, 0.3) is 11.8 Å². The zero-order valence-corrected chi connectivity index (χ0v) is 14.0. The molecule has 0 aliphatic carbocycles. The molecule has 25 heavy (non-hydrogen) atoms. The van der Waals surface area contributed by atoms with Crippen LogP contribution >= 0.6 is 11.6 Å². The summed E-state index contributed by atoms with van der Waals surface area (Å²) in [5.41, 5.74) is 1.39. The highest BCUT2D eigenvalue weighted by Crippen LogP contribution is 2.22. The van der Waals surface area contributed by atoms with Crippen LogP contribution in [0.1, 0.15) is 27.1 Å². The number of amides is 3. The van der Waals surface area contributed by atoms with Gasteiger partial charge in [-0.15, -0.1) is 0 Å². The van der Waals surface area contributed by atoms with Crippen molar-refractivity contribution in [1.29, 1.82) is 0 Å². The van der Waals surface area contributed by atoms with Crippen LogP contribution in [0.3, 0.4) is 0 Å². The first kappa shape index (κ1) is 17.0. The summed E-state index contributed by atoms with van der Waals surface area (Å²) in [4.78, 5) is 37.2. The largest absolute Gasteiger partial charge is 0.449 e. The van der Waals surface area contributed by atoms with Gasteiger partial charge in [-0.3, -0.25) is 19.8 Å². The van der Waals surface area contributed by atoms with E-state index in [1.807, 2.05) is 0 Å². The molecule has 128 valence electrons. The minimum atomic E-state index is -0.607. The first-order valence-corrected chi connectivity index (χ1v) is 8.08. The van der Waals surface area contributed by atoms with Gasteiger partial charge in [0.1, 0.15) is 0 Å². The number of imide groups is 1. The van der Waals surface area contributed by atoms with Crippen molar-refractivity contribution in [1.82, 2.24) is 4.90 Å². The predicted molar refractivity (Wildman–Crippen MR) is 92.8 cm³/mol. The summed E-state index contributed by atoms with van der Waals surface area (Å²) in [5.74, 6) is -0.627. The van der Waals surface area contributed by atoms with Crippen molar-refractivity contribution in [2.24, 2.45) is 0 Å². The fraction of sp³-hybridized carbons (Fsp3) is 0.167. The molecule has 0 bridgehead atoms. The Balaban J connectivity index is 1.45. The fourth-order valence-electron chi connectivity index (χ4n) is 2.52. The van der Waals surface area contributed by atoms with Gasteiger partial charge in [-0.25, -0.2) is 4.79 Å². The molecule has 3 rings (SSSR count). The fourth-order valence-corrected chi connectivity index (χ4v) is 2.64. The van der Waals surface area contributed by atoms with Gasteiger partial charge in [-0.05, 0) is 42.8 Å². The predicted octanol–water partition coefficient (Wildman–Crippen LogP) is 3.57. The second-order valence-electron chi connectivity index (χ2n) is 5.43. The van der Waals surface area contributed by atoms with Gasteiger partial charge in [0.15, 0.2) is 0 Å². The smallest absolute Gasteiger partial charge is 0.411 e. The van der Waals surface area contributed by atoms with Crippen molar-refractivity contribution in [3.05, 3.63) is 64.7 Å². The maximum atomic E-state index is 12.2. The van der Waals surface area contributed by atoms with Gasteiger partial charge in [-0.2, -0.15) is 0 Å². The van der Waals surface area contributed by atoms with Crippen molar-refractivity contribution >= 4 is 35.2 Å². The SMILES string of the molecule is O=C(Nc1ccc(Cl)cc1)OCCCN1C(=O)c2ccccc2C1=O. The van der Waals surface area contributed by atoms with E-state index >= 15 is 0 Å². The molecule has 6 nitrogen and oxygen atoms in total. The number of halogens is 1. The average Bonchev–Trinajstić information content (AvgIpc) is 2.86. The maximum absolute atomic E-state index is 12.2. The van der Waals surface area contributed by atoms with Crippen LogP contribution in [-0.4, -0.2) is 36.0 Å². The topological polar surface area (TPSA) is 75.7 Å². The van der Waals surface area contributed by atoms with Crippen LogP contribution in [0.15, 0.2) is 48.5 Å². The van der Waals surface area contributed by atoms with Crippen molar-refractivity contribution in [2.45, 2.75) is 6.42 Å². The molecular formula is C18H15ClN2O4. The Kier molecular flexibility index (Phi) is 5.00. The van der Waals surface area contributed by atoms with Gasteiger partial charge in [0.2, 0.25) is 0 Å². The Labute approximate surface area is 149 Å². The van der Waals surface area contributed by atoms with Crippen LogP contribution < -0.4 is 5.32 Å². The normalized spacial score (nSPS) is 12.9. The molecule has 0 atom stereocenters. The van der Waals surface area contributed by atoms with Gasteiger partial charge in [-0.1, -0.05) is 23.7 Å². The Morgan fingerprint density at radius 2 is 1.60 bits per heavy atom. The number of hydrogen-bond acceptors (Lipinski definition) is 4. The molecule has 3 amide bonds. The van der Waals surface area contributed by atoms with Crippen LogP contribution in [0.2, 0.25) is 5.02 Å². The van der Waals surface area contributed by atoms with E-state index < -0.39 is 6.09 Å². The summed E-state index contributed by atoms with van der Waals surface area (Å²) in [7, 11) is 0. The molecule has 0 radical (unpaired) electrons. The van der Waals surface area contributed by atoms with E-state index in [9.17, 15) is 14.4 Å². The van der Waals surface area contributed by atoms with Gasteiger partial charge < -0.3 is 4.74 Å². The van der Waals surface area contributed by atoms with Crippen molar-refractivity contribution in [3.8, 4) is 0 Å². The quantitative estimate of drug-likeness (QED) is 0.654. The van der Waals surface area contributed by atoms with E-state index in [-0.39, 0.29) is 25.0 Å². The first-order chi connectivity index (χ1) is 12.1. The molecule has 2 aromatic rings. The molecule has 0 unspecified atom stereocenters. The molecule has 0 fully saturated rings. The summed E-state index contributed by atoms with van der Waals surface area (Å²) in [5, 5.41) is 3.13. The molecule has 0 saturated heterocycles. The number of hydrogen-bond donors (Lipinski definition) is 1. The van der Waals surface area contributed by atoms with Crippen LogP contribution in [0.4, 0.5) is 10.5 Å². The number of rotatable bonds is 5. The third-order valence-corrected chi connectivity index (χ3v) is 3.98. The number of nitrogens with one attached hydrogen (secondary N) is 1. The number of carbonyl (C=O) groups is 3. The lowest BCUT2D eigenvalue weighted by molar-refractivity contribution is 0.0643. The average molecular weight is 359 g/mol. The second-order valence-corrected chi connectivity index (χ2v) is 5.87. The van der Waals surface area contributed by atoms with E-state index in [4.69, 9.17) is 16.3 Å². The Morgan fingerprint density at radius 1 is 1.00 bits per heavy atom. The highest BCUT2D eigenvalue weighted by Gasteiger charge is 2.34. The number of ether oxygens (including phenoxy) is 1. The molecule has 1 heterocycles. The maximum Gasteiger partial charge on any atom is 0.411 e. The number of fused-ring (bicyclic) bond motifs is 1. The molecule has 0 aromatic heterocycles. The third kappa shape index (κ3) is 3.80. The van der Waals surface area contributed by atoms with E-state index in [2.05, 4.69) is 5.32 Å². The van der Waals surface area contributed by atoms with Crippen LogP contribution in [-0.2, 0) is 4.74 Å². The number of carbonyl (C=O) groups excluding carboxylic acids is 3. The summed E-state index contributed by atoms with van der Waals surface area (Å²) in [6.45, 7) is 0.285. The Morgan fingerprint density at radius 3 is 2.20 bits per heavy atom.